The fourth-order valence-electron chi connectivity index (χ4n) is 11.6. The maximum Gasteiger partial charge on any atom is 0.143 e. The standard InChI is InChI=1S/C68H42N2O2/c1-3-18-51-43(15-1)35-41-57-65-50(23-13-29-63(65)71-67(51)57)46-33-39-48(40-34-46)69(60-26-10-8-22-55(60)56-24-14-30-64-66(56)58-42-36-44-16-2-4-19-52(44)68(58)72-64)47-37-31-45(32-38-47)49-17-5-9-25-59(49)70-61-27-11-6-20-53(61)54-21-7-12-28-62(54)70/h1-42H. The van der Waals surface area contributed by atoms with Gasteiger partial charge in [0.2, 0.25) is 0 Å². The molecule has 4 heteroatoms. The first kappa shape index (κ1) is 40.3. The van der Waals surface area contributed by atoms with Gasteiger partial charge in [-0.15, -0.1) is 0 Å². The van der Waals surface area contributed by atoms with Crippen molar-refractivity contribution in [2.45, 2.75) is 0 Å². The van der Waals surface area contributed by atoms with Crippen molar-refractivity contribution in [1.29, 1.82) is 0 Å². The second-order valence-corrected chi connectivity index (χ2v) is 18.7. The zero-order valence-corrected chi connectivity index (χ0v) is 39.0. The lowest BCUT2D eigenvalue weighted by Gasteiger charge is -2.28. The molecule has 15 rings (SSSR count). The Morgan fingerprint density at radius 3 is 1.33 bits per heavy atom. The highest BCUT2D eigenvalue weighted by molar-refractivity contribution is 6.21. The van der Waals surface area contributed by atoms with Gasteiger partial charge in [0.25, 0.3) is 0 Å². The van der Waals surface area contributed by atoms with Crippen molar-refractivity contribution in [2.24, 2.45) is 0 Å². The molecular formula is C68H42N2O2. The maximum atomic E-state index is 6.74. The number of benzene rings is 12. The summed E-state index contributed by atoms with van der Waals surface area (Å²) in [6.45, 7) is 0. The first-order chi connectivity index (χ1) is 35.7. The van der Waals surface area contributed by atoms with Crippen LogP contribution >= 0.6 is 0 Å². The van der Waals surface area contributed by atoms with Crippen LogP contribution in [0.1, 0.15) is 0 Å². The van der Waals surface area contributed by atoms with Crippen LogP contribution in [0, 0.1) is 0 Å². The molecule has 0 amide bonds. The van der Waals surface area contributed by atoms with Crippen molar-refractivity contribution in [1.82, 2.24) is 4.57 Å². The summed E-state index contributed by atoms with van der Waals surface area (Å²) in [6.07, 6.45) is 0. The van der Waals surface area contributed by atoms with Crippen LogP contribution in [0.5, 0.6) is 0 Å². The van der Waals surface area contributed by atoms with Gasteiger partial charge < -0.3 is 18.3 Å². The van der Waals surface area contributed by atoms with Crippen LogP contribution in [0.2, 0.25) is 0 Å². The largest absolute Gasteiger partial charge is 0.455 e. The van der Waals surface area contributed by atoms with Crippen molar-refractivity contribution in [3.05, 3.63) is 255 Å². The number of rotatable bonds is 7. The van der Waals surface area contributed by atoms with E-state index in [-0.39, 0.29) is 0 Å². The normalized spacial score (nSPS) is 11.9. The van der Waals surface area contributed by atoms with Crippen molar-refractivity contribution in [2.75, 3.05) is 4.90 Å². The average Bonchev–Trinajstić information content (AvgIpc) is 4.14. The lowest BCUT2D eigenvalue weighted by molar-refractivity contribution is 0.672. The summed E-state index contributed by atoms with van der Waals surface area (Å²) in [7, 11) is 0. The quantitative estimate of drug-likeness (QED) is 0.160. The molecule has 0 atom stereocenters. The van der Waals surface area contributed by atoms with Gasteiger partial charge in [0.05, 0.1) is 22.4 Å². The van der Waals surface area contributed by atoms with E-state index in [0.717, 1.165) is 116 Å². The number of hydrogen-bond acceptors (Lipinski definition) is 3. The summed E-state index contributed by atoms with van der Waals surface area (Å²) in [5, 5.41) is 11.5. The summed E-state index contributed by atoms with van der Waals surface area (Å²) in [4.78, 5) is 2.40. The molecule has 0 spiro atoms. The summed E-state index contributed by atoms with van der Waals surface area (Å²) >= 11 is 0. The molecule has 0 aliphatic heterocycles. The highest BCUT2D eigenvalue weighted by atomic mass is 16.3. The number of furan rings is 2. The van der Waals surface area contributed by atoms with Crippen LogP contribution in [0.15, 0.2) is 264 Å². The van der Waals surface area contributed by atoms with Gasteiger partial charge in [0, 0.05) is 65.6 Å². The van der Waals surface area contributed by atoms with Gasteiger partial charge >= 0.3 is 0 Å². The Kier molecular flexibility index (Phi) is 8.92. The number of para-hydroxylation sites is 4. The Morgan fingerprint density at radius 1 is 0.292 bits per heavy atom. The molecule has 12 aromatic carbocycles. The van der Waals surface area contributed by atoms with E-state index in [1.54, 1.807) is 0 Å². The molecule has 0 unspecified atom stereocenters. The SMILES string of the molecule is c1ccc(N(c2ccc(-c3ccccc3-n3c4ccccc4c4ccccc43)cc2)c2ccc(-c3cccc4oc5c6ccccc6ccc5c34)cc2)c(-c2cccc3oc4c5ccccc5ccc4c23)c1. The monoisotopic (exact) mass is 918 g/mol. The van der Waals surface area contributed by atoms with E-state index in [9.17, 15) is 0 Å². The summed E-state index contributed by atoms with van der Waals surface area (Å²) in [6, 6.07) is 91.7. The van der Waals surface area contributed by atoms with E-state index in [2.05, 4.69) is 264 Å². The number of anilines is 3. The average molecular weight is 919 g/mol. The second kappa shape index (κ2) is 16.0. The number of aromatic nitrogens is 1. The topological polar surface area (TPSA) is 34.5 Å². The van der Waals surface area contributed by atoms with Crippen LogP contribution in [-0.4, -0.2) is 4.57 Å². The first-order valence-corrected chi connectivity index (χ1v) is 24.6. The fourth-order valence-corrected chi connectivity index (χ4v) is 11.6. The number of fused-ring (bicyclic) bond motifs is 13. The maximum absolute atomic E-state index is 6.74. The van der Waals surface area contributed by atoms with Crippen LogP contribution < -0.4 is 4.90 Å². The van der Waals surface area contributed by atoms with E-state index in [0.29, 0.717) is 0 Å². The zero-order chi connectivity index (χ0) is 47.3. The molecule has 0 aliphatic rings. The lowest BCUT2D eigenvalue weighted by atomic mass is 9.95. The Hall–Kier alpha value is -9.64. The minimum atomic E-state index is 0.866. The molecule has 0 saturated carbocycles. The Labute approximate surface area is 414 Å². The number of nitrogens with zero attached hydrogens (tertiary/aromatic N) is 2. The van der Waals surface area contributed by atoms with E-state index >= 15 is 0 Å². The molecule has 0 radical (unpaired) electrons. The van der Waals surface area contributed by atoms with Gasteiger partial charge in [0.15, 0.2) is 0 Å². The van der Waals surface area contributed by atoms with Crippen LogP contribution in [0.3, 0.4) is 0 Å². The first-order valence-electron chi connectivity index (χ1n) is 24.6. The molecule has 336 valence electrons. The Morgan fingerprint density at radius 2 is 0.736 bits per heavy atom. The molecule has 72 heavy (non-hydrogen) atoms. The Balaban J connectivity index is 0.902. The number of hydrogen-bond donors (Lipinski definition) is 0. The van der Waals surface area contributed by atoms with Crippen molar-refractivity contribution >= 4 is 104 Å². The predicted molar refractivity (Wildman–Crippen MR) is 301 cm³/mol. The van der Waals surface area contributed by atoms with Crippen molar-refractivity contribution in [3.63, 3.8) is 0 Å². The fraction of sp³-hybridized carbons (Fsp3) is 0. The van der Waals surface area contributed by atoms with E-state index < -0.39 is 0 Å². The predicted octanol–water partition coefficient (Wildman–Crippen LogP) is 19.4. The summed E-state index contributed by atoms with van der Waals surface area (Å²) < 4.78 is 15.8. The summed E-state index contributed by atoms with van der Waals surface area (Å²) in [5.41, 5.74) is 17.0. The lowest BCUT2D eigenvalue weighted by Crippen LogP contribution is -2.11. The molecule has 15 aromatic rings. The van der Waals surface area contributed by atoms with E-state index in [1.807, 2.05) is 0 Å². The van der Waals surface area contributed by atoms with E-state index in [4.69, 9.17) is 8.83 Å². The highest BCUT2D eigenvalue weighted by Crippen LogP contribution is 2.47. The van der Waals surface area contributed by atoms with Crippen molar-refractivity contribution < 1.29 is 8.83 Å². The van der Waals surface area contributed by atoms with Gasteiger partial charge in [-0.05, 0) is 106 Å². The molecule has 4 nitrogen and oxygen atoms in total. The van der Waals surface area contributed by atoms with E-state index in [1.165, 1.54) is 27.2 Å². The molecule has 0 N–H and O–H groups in total. The highest BCUT2D eigenvalue weighted by Gasteiger charge is 2.23. The molecule has 3 aromatic heterocycles. The molecule has 3 heterocycles. The summed E-state index contributed by atoms with van der Waals surface area (Å²) in [5.74, 6) is 0. The smallest absolute Gasteiger partial charge is 0.143 e. The Bertz CT molecular complexity index is 4580. The molecule has 0 fully saturated rings. The van der Waals surface area contributed by atoms with Crippen molar-refractivity contribution in [3.8, 4) is 39.1 Å². The molecular weight excluding hydrogens is 877 g/mol. The van der Waals surface area contributed by atoms with Gasteiger partial charge in [-0.25, -0.2) is 0 Å². The zero-order valence-electron chi connectivity index (χ0n) is 39.0. The second-order valence-electron chi connectivity index (χ2n) is 18.7. The third kappa shape index (κ3) is 6.12. The van der Waals surface area contributed by atoms with Crippen LogP contribution in [0.4, 0.5) is 17.1 Å². The van der Waals surface area contributed by atoms with Crippen LogP contribution in [0.25, 0.3) is 126 Å². The van der Waals surface area contributed by atoms with Gasteiger partial charge in [0.1, 0.15) is 22.3 Å². The molecule has 0 bridgehead atoms. The molecule has 0 aliphatic carbocycles. The molecule has 0 saturated heterocycles. The van der Waals surface area contributed by atoms with Gasteiger partial charge in [-0.3, -0.25) is 0 Å². The minimum absolute atomic E-state index is 0.866. The van der Waals surface area contributed by atoms with Crippen LogP contribution in [-0.2, 0) is 0 Å². The third-order valence-electron chi connectivity index (χ3n) is 14.8. The van der Waals surface area contributed by atoms with Gasteiger partial charge in [-0.1, -0.05) is 182 Å². The third-order valence-corrected chi connectivity index (χ3v) is 14.8. The van der Waals surface area contributed by atoms with Gasteiger partial charge in [-0.2, -0.15) is 0 Å². The minimum Gasteiger partial charge on any atom is -0.455 e.